The van der Waals surface area contributed by atoms with Gasteiger partial charge in [0.1, 0.15) is 5.75 Å². The van der Waals surface area contributed by atoms with Crippen molar-refractivity contribution in [1.82, 2.24) is 5.32 Å². The molecule has 0 aliphatic carbocycles. The number of carbonyl (C=O) groups is 1. The molecule has 0 saturated carbocycles. The first-order valence-electron chi connectivity index (χ1n) is 10.9. The number of hydrogen-bond donors (Lipinski definition) is 1. The van der Waals surface area contributed by atoms with Crippen molar-refractivity contribution >= 4 is 29.5 Å². The molecule has 0 spiro atoms. The van der Waals surface area contributed by atoms with Gasteiger partial charge in [-0.2, -0.15) is 0 Å². The van der Waals surface area contributed by atoms with E-state index in [1.54, 1.807) is 7.11 Å². The molecule has 1 fully saturated rings. The SMILES string of the molecule is COC(=O)/C=C\c1cc(OC)ccc1-c1cc2c3c(c1)[C@@H]1CNCC[C@@H]1N3CCCS2. The second-order valence-electron chi connectivity index (χ2n) is 8.28. The van der Waals surface area contributed by atoms with Crippen molar-refractivity contribution in [3.8, 4) is 16.9 Å². The van der Waals surface area contributed by atoms with Crippen LogP contribution in [0.3, 0.4) is 0 Å². The lowest BCUT2D eigenvalue weighted by atomic mass is 9.88. The molecule has 2 atom stereocenters. The summed E-state index contributed by atoms with van der Waals surface area (Å²) in [5, 5.41) is 3.61. The maximum Gasteiger partial charge on any atom is 0.330 e. The van der Waals surface area contributed by atoms with Crippen LogP contribution in [0.15, 0.2) is 41.3 Å². The third kappa shape index (κ3) is 3.72. The minimum absolute atomic E-state index is 0.364. The number of ether oxygens (including phenoxy) is 2. The third-order valence-corrected chi connectivity index (χ3v) is 7.72. The Balaban J connectivity index is 1.64. The molecule has 6 heteroatoms. The van der Waals surface area contributed by atoms with E-state index in [0.29, 0.717) is 12.0 Å². The van der Waals surface area contributed by atoms with E-state index in [2.05, 4.69) is 28.4 Å². The highest BCUT2D eigenvalue weighted by Gasteiger charge is 2.41. The highest BCUT2D eigenvalue weighted by molar-refractivity contribution is 7.99. The molecule has 0 aromatic heterocycles. The average Bonchev–Trinajstić information content (AvgIpc) is 2.97. The average molecular weight is 437 g/mol. The minimum Gasteiger partial charge on any atom is -0.497 e. The van der Waals surface area contributed by atoms with Crippen molar-refractivity contribution in [2.45, 2.75) is 29.7 Å². The van der Waals surface area contributed by atoms with Crippen LogP contribution in [0.2, 0.25) is 0 Å². The first-order chi connectivity index (χ1) is 15.2. The molecule has 5 rings (SSSR count). The van der Waals surface area contributed by atoms with Crippen LogP contribution in [0.5, 0.6) is 5.75 Å². The fraction of sp³-hybridized carbons (Fsp3) is 0.400. The van der Waals surface area contributed by atoms with Crippen LogP contribution < -0.4 is 15.0 Å². The Labute approximate surface area is 187 Å². The summed E-state index contributed by atoms with van der Waals surface area (Å²) in [6.07, 6.45) is 5.71. The number of anilines is 1. The van der Waals surface area contributed by atoms with E-state index in [1.165, 1.54) is 47.7 Å². The smallest absolute Gasteiger partial charge is 0.330 e. The van der Waals surface area contributed by atoms with Crippen LogP contribution >= 0.6 is 11.8 Å². The summed E-state index contributed by atoms with van der Waals surface area (Å²) in [6, 6.07) is 11.4. The van der Waals surface area contributed by atoms with E-state index in [1.807, 2.05) is 30.0 Å². The van der Waals surface area contributed by atoms with Gasteiger partial charge >= 0.3 is 5.97 Å². The van der Waals surface area contributed by atoms with Gasteiger partial charge in [0.2, 0.25) is 0 Å². The molecule has 3 aliphatic heterocycles. The monoisotopic (exact) mass is 436 g/mol. The predicted molar refractivity (Wildman–Crippen MR) is 126 cm³/mol. The fourth-order valence-electron chi connectivity index (χ4n) is 5.17. The lowest BCUT2D eigenvalue weighted by Crippen LogP contribution is -2.44. The number of nitrogens with zero attached hydrogens (tertiary/aromatic N) is 1. The number of carbonyl (C=O) groups excluding carboxylic acids is 1. The van der Waals surface area contributed by atoms with Gasteiger partial charge in [0, 0.05) is 36.0 Å². The number of nitrogens with one attached hydrogen (secondary N) is 1. The number of benzene rings is 2. The Morgan fingerprint density at radius 1 is 1.26 bits per heavy atom. The molecule has 2 aromatic rings. The second kappa shape index (κ2) is 8.60. The summed E-state index contributed by atoms with van der Waals surface area (Å²) in [7, 11) is 3.05. The van der Waals surface area contributed by atoms with Crippen LogP contribution in [-0.2, 0) is 9.53 Å². The molecule has 2 aromatic carbocycles. The maximum absolute atomic E-state index is 11.7. The number of esters is 1. The van der Waals surface area contributed by atoms with Gasteiger partial charge in [-0.1, -0.05) is 6.07 Å². The van der Waals surface area contributed by atoms with Crippen LogP contribution in [-0.4, -0.2) is 51.6 Å². The summed E-state index contributed by atoms with van der Waals surface area (Å²) < 4.78 is 10.2. The molecule has 0 amide bonds. The summed E-state index contributed by atoms with van der Waals surface area (Å²) >= 11 is 1.98. The fourth-order valence-corrected chi connectivity index (χ4v) is 6.25. The Morgan fingerprint density at radius 3 is 3.00 bits per heavy atom. The van der Waals surface area contributed by atoms with Crippen molar-refractivity contribution in [2.75, 3.05) is 44.5 Å². The van der Waals surface area contributed by atoms with E-state index in [9.17, 15) is 4.79 Å². The van der Waals surface area contributed by atoms with Crippen LogP contribution in [0, 0.1) is 0 Å². The molecule has 31 heavy (non-hydrogen) atoms. The number of fused-ring (bicyclic) bond motifs is 3. The standard InChI is InChI=1S/C25H28N2O3S/c1-29-18-5-6-19(16(12-18)4-7-24(28)30-2)17-13-20-21-15-26-9-8-22(21)27-10-3-11-31-23(14-17)25(20)27/h4-7,12-14,21-22,26H,3,8-11,15H2,1-2H3/b7-4-/t21-,22-/m0/s1. The molecule has 162 valence electrons. The van der Waals surface area contributed by atoms with Gasteiger partial charge in [0.25, 0.3) is 0 Å². The number of rotatable bonds is 4. The third-order valence-electron chi connectivity index (χ3n) is 6.61. The van der Waals surface area contributed by atoms with Crippen molar-refractivity contribution in [3.05, 3.63) is 47.5 Å². The lowest BCUT2D eigenvalue weighted by Gasteiger charge is -2.33. The number of methoxy groups -OCH3 is 2. The highest BCUT2D eigenvalue weighted by atomic mass is 32.2. The topological polar surface area (TPSA) is 50.8 Å². The van der Waals surface area contributed by atoms with Gasteiger partial charge in [-0.15, -0.1) is 11.8 Å². The zero-order chi connectivity index (χ0) is 21.4. The van der Waals surface area contributed by atoms with E-state index in [4.69, 9.17) is 9.47 Å². The van der Waals surface area contributed by atoms with Gasteiger partial charge in [-0.3, -0.25) is 0 Å². The summed E-state index contributed by atoms with van der Waals surface area (Å²) in [4.78, 5) is 15.8. The molecular weight excluding hydrogens is 408 g/mol. The van der Waals surface area contributed by atoms with Gasteiger partial charge in [0.15, 0.2) is 0 Å². The summed E-state index contributed by atoms with van der Waals surface area (Å²) in [5.41, 5.74) is 6.18. The van der Waals surface area contributed by atoms with Crippen molar-refractivity contribution in [1.29, 1.82) is 0 Å². The van der Waals surface area contributed by atoms with Crippen molar-refractivity contribution in [2.24, 2.45) is 0 Å². The number of thioether (sulfide) groups is 1. The Kier molecular flexibility index (Phi) is 5.67. The molecule has 3 heterocycles. The molecule has 1 N–H and O–H groups in total. The van der Waals surface area contributed by atoms with Crippen LogP contribution in [0.1, 0.15) is 29.9 Å². The van der Waals surface area contributed by atoms with E-state index in [-0.39, 0.29) is 5.97 Å². The Morgan fingerprint density at radius 2 is 2.16 bits per heavy atom. The maximum atomic E-state index is 11.7. The van der Waals surface area contributed by atoms with Gasteiger partial charge in [-0.25, -0.2) is 4.79 Å². The zero-order valence-corrected chi connectivity index (χ0v) is 18.8. The first-order valence-corrected chi connectivity index (χ1v) is 11.9. The Bertz CT molecular complexity index is 1040. The normalized spacial score (nSPS) is 22.1. The molecule has 0 radical (unpaired) electrons. The van der Waals surface area contributed by atoms with Crippen LogP contribution in [0.4, 0.5) is 5.69 Å². The summed E-state index contributed by atoms with van der Waals surface area (Å²) in [5.74, 6) is 2.09. The van der Waals surface area contributed by atoms with Gasteiger partial charge in [-0.05, 0) is 77.7 Å². The first kappa shape index (κ1) is 20.5. The zero-order valence-electron chi connectivity index (χ0n) is 18.0. The largest absolute Gasteiger partial charge is 0.497 e. The molecule has 5 nitrogen and oxygen atoms in total. The van der Waals surface area contributed by atoms with Crippen molar-refractivity contribution in [3.63, 3.8) is 0 Å². The molecule has 0 unspecified atom stereocenters. The van der Waals surface area contributed by atoms with Gasteiger partial charge < -0.3 is 19.7 Å². The summed E-state index contributed by atoms with van der Waals surface area (Å²) in [6.45, 7) is 3.30. The Hall–Kier alpha value is -2.44. The predicted octanol–water partition coefficient (Wildman–Crippen LogP) is 4.31. The second-order valence-corrected chi connectivity index (χ2v) is 9.42. The van der Waals surface area contributed by atoms with E-state index < -0.39 is 0 Å². The quantitative estimate of drug-likeness (QED) is 0.569. The number of piperidine rings is 1. The highest BCUT2D eigenvalue weighted by Crippen LogP contribution is 2.51. The van der Waals surface area contributed by atoms with Crippen molar-refractivity contribution < 1.29 is 14.3 Å². The molecule has 3 aliphatic rings. The van der Waals surface area contributed by atoms with E-state index in [0.717, 1.165) is 42.3 Å². The van der Waals surface area contributed by atoms with Gasteiger partial charge in [0.05, 0.1) is 19.9 Å². The molecule has 0 bridgehead atoms. The van der Waals surface area contributed by atoms with E-state index >= 15 is 0 Å². The molecule has 1 saturated heterocycles. The minimum atomic E-state index is -0.364. The lowest BCUT2D eigenvalue weighted by molar-refractivity contribution is -0.134. The number of hydrogen-bond acceptors (Lipinski definition) is 6. The molecular formula is C25H28N2O3S. The van der Waals surface area contributed by atoms with Crippen LogP contribution in [0.25, 0.3) is 17.2 Å².